The average Bonchev–Trinajstić information content (AvgIpc) is 3.34. The number of nitrogens with zero attached hydrogens (tertiary/aromatic N) is 2. The third kappa shape index (κ3) is 4.63. The molecular formula is C28H32N4O3. The van der Waals surface area contributed by atoms with Gasteiger partial charge in [0.2, 0.25) is 5.91 Å². The maximum Gasteiger partial charge on any atom is 0.408 e. The van der Waals surface area contributed by atoms with Crippen LogP contribution in [-0.2, 0) is 36.0 Å². The number of rotatable bonds is 4. The van der Waals surface area contributed by atoms with Gasteiger partial charge in [0.15, 0.2) is 0 Å². The largest absolute Gasteiger partial charge is 0.444 e. The van der Waals surface area contributed by atoms with Gasteiger partial charge in [-0.15, -0.1) is 0 Å². The first-order valence-corrected chi connectivity index (χ1v) is 12.1. The van der Waals surface area contributed by atoms with E-state index >= 15 is 0 Å². The number of carbonyl (C=O) groups is 2. The first-order chi connectivity index (χ1) is 16.7. The van der Waals surface area contributed by atoms with Crippen molar-refractivity contribution in [3.8, 4) is 0 Å². The highest BCUT2D eigenvalue weighted by Crippen LogP contribution is 2.28. The summed E-state index contributed by atoms with van der Waals surface area (Å²) in [6.07, 6.45) is 2.61. The van der Waals surface area contributed by atoms with Crippen LogP contribution in [0.2, 0.25) is 0 Å². The minimum atomic E-state index is -0.735. The lowest BCUT2D eigenvalue weighted by Crippen LogP contribution is -2.51. The standard InChI is InChI=1S/C28H32N4O3/c1-28(2,3)35-27(34)30-23(15-18-16-31(4)25-12-8-6-9-19(18)25)26(33)32-14-13-21-20-10-5-7-11-22(20)29-24(21)17-32/h5-12,16,23,29H,13-15,17H2,1-4H3,(H,30,34)/t23-/m0/s1. The number of H-pyrrole nitrogens is 1. The van der Waals surface area contributed by atoms with E-state index in [1.165, 1.54) is 10.9 Å². The van der Waals surface area contributed by atoms with E-state index < -0.39 is 17.7 Å². The van der Waals surface area contributed by atoms with Crippen LogP contribution in [0.15, 0.2) is 54.7 Å². The van der Waals surface area contributed by atoms with E-state index in [4.69, 9.17) is 4.74 Å². The van der Waals surface area contributed by atoms with Crippen LogP contribution in [0.5, 0.6) is 0 Å². The molecule has 0 saturated carbocycles. The second kappa shape index (κ2) is 8.80. The zero-order valence-electron chi connectivity index (χ0n) is 20.7. The number of ether oxygens (including phenoxy) is 1. The molecule has 4 aromatic rings. The SMILES string of the molecule is Cn1cc(C[C@H](NC(=O)OC(C)(C)C)C(=O)N2CCc3c([nH]c4ccccc34)C2)c2ccccc21. The van der Waals surface area contributed by atoms with Gasteiger partial charge < -0.3 is 24.5 Å². The van der Waals surface area contributed by atoms with Crippen molar-refractivity contribution in [1.82, 2.24) is 19.8 Å². The topological polar surface area (TPSA) is 79.4 Å². The number of aromatic amines is 1. The van der Waals surface area contributed by atoms with E-state index in [9.17, 15) is 9.59 Å². The zero-order chi connectivity index (χ0) is 24.7. The molecule has 0 spiro atoms. The maximum atomic E-state index is 13.8. The van der Waals surface area contributed by atoms with Gasteiger partial charge in [-0.05, 0) is 50.5 Å². The molecule has 0 aliphatic carbocycles. The Kier molecular flexibility index (Phi) is 5.79. The van der Waals surface area contributed by atoms with Gasteiger partial charge in [-0.1, -0.05) is 36.4 Å². The molecule has 0 saturated heterocycles. The summed E-state index contributed by atoms with van der Waals surface area (Å²) < 4.78 is 7.55. The summed E-state index contributed by atoms with van der Waals surface area (Å²) in [4.78, 5) is 31.8. The van der Waals surface area contributed by atoms with Gasteiger partial charge >= 0.3 is 6.09 Å². The van der Waals surface area contributed by atoms with Crippen LogP contribution in [0.3, 0.4) is 0 Å². The number of carbonyl (C=O) groups excluding carboxylic acids is 2. The summed E-state index contributed by atoms with van der Waals surface area (Å²) in [5.41, 5.74) is 4.88. The minimum Gasteiger partial charge on any atom is -0.444 e. The molecule has 0 fully saturated rings. The first-order valence-electron chi connectivity index (χ1n) is 12.1. The number of alkyl carbamates (subject to hydrolysis) is 1. The van der Waals surface area contributed by atoms with E-state index in [0.717, 1.165) is 34.1 Å². The highest BCUT2D eigenvalue weighted by molar-refractivity contribution is 5.90. The molecule has 3 heterocycles. The molecule has 2 aromatic heterocycles. The molecular weight excluding hydrogens is 440 g/mol. The summed E-state index contributed by atoms with van der Waals surface area (Å²) in [6, 6.07) is 15.6. The van der Waals surface area contributed by atoms with Crippen molar-refractivity contribution >= 4 is 33.8 Å². The molecule has 1 aliphatic heterocycles. The number of amides is 2. The fourth-order valence-corrected chi connectivity index (χ4v) is 5.06. The Morgan fingerprint density at radius 2 is 1.80 bits per heavy atom. The molecule has 182 valence electrons. The number of aryl methyl sites for hydroxylation is 1. The summed E-state index contributed by atoms with van der Waals surface area (Å²) in [5, 5.41) is 5.17. The second-order valence-corrected chi connectivity index (χ2v) is 10.3. The minimum absolute atomic E-state index is 0.104. The maximum absolute atomic E-state index is 13.8. The number of fused-ring (bicyclic) bond motifs is 4. The number of nitrogens with one attached hydrogen (secondary N) is 2. The smallest absolute Gasteiger partial charge is 0.408 e. The molecule has 1 atom stereocenters. The number of aromatic nitrogens is 2. The van der Waals surface area contributed by atoms with Crippen molar-refractivity contribution in [3.05, 3.63) is 71.5 Å². The lowest BCUT2D eigenvalue weighted by molar-refractivity contribution is -0.134. The van der Waals surface area contributed by atoms with Gasteiger partial charge in [0, 0.05) is 53.7 Å². The average molecular weight is 473 g/mol. The van der Waals surface area contributed by atoms with Crippen molar-refractivity contribution in [1.29, 1.82) is 0 Å². The van der Waals surface area contributed by atoms with Crippen LogP contribution >= 0.6 is 0 Å². The summed E-state index contributed by atoms with van der Waals surface area (Å²) in [5.74, 6) is -0.104. The Balaban J connectivity index is 1.42. The predicted octanol–water partition coefficient (Wildman–Crippen LogP) is 4.68. The van der Waals surface area contributed by atoms with Crippen molar-refractivity contribution in [3.63, 3.8) is 0 Å². The first kappa shape index (κ1) is 23.0. The zero-order valence-corrected chi connectivity index (χ0v) is 20.7. The summed E-state index contributed by atoms with van der Waals surface area (Å²) in [7, 11) is 1.99. The van der Waals surface area contributed by atoms with Gasteiger partial charge in [-0.2, -0.15) is 0 Å². The van der Waals surface area contributed by atoms with Crippen LogP contribution in [0.1, 0.15) is 37.6 Å². The van der Waals surface area contributed by atoms with Crippen molar-refractivity contribution in [2.45, 2.75) is 51.8 Å². The lowest BCUT2D eigenvalue weighted by Gasteiger charge is -2.31. The quantitative estimate of drug-likeness (QED) is 0.453. The van der Waals surface area contributed by atoms with Gasteiger partial charge in [0.1, 0.15) is 11.6 Å². The summed E-state index contributed by atoms with van der Waals surface area (Å²) in [6.45, 7) is 6.54. The molecule has 1 aliphatic rings. The van der Waals surface area contributed by atoms with E-state index in [1.807, 2.05) is 63.2 Å². The Morgan fingerprint density at radius 1 is 1.09 bits per heavy atom. The fraction of sp³-hybridized carbons (Fsp3) is 0.357. The lowest BCUT2D eigenvalue weighted by atomic mass is 10.0. The number of hydrogen-bond donors (Lipinski definition) is 2. The molecule has 7 heteroatoms. The number of hydrogen-bond acceptors (Lipinski definition) is 3. The van der Waals surface area contributed by atoms with Crippen LogP contribution in [-0.4, -0.2) is 44.6 Å². The highest BCUT2D eigenvalue weighted by Gasteiger charge is 2.32. The molecule has 5 rings (SSSR count). The highest BCUT2D eigenvalue weighted by atomic mass is 16.6. The third-order valence-electron chi connectivity index (χ3n) is 6.59. The molecule has 2 aromatic carbocycles. The Bertz CT molecular complexity index is 1410. The third-order valence-corrected chi connectivity index (χ3v) is 6.59. The van der Waals surface area contributed by atoms with Crippen molar-refractivity contribution in [2.24, 2.45) is 7.05 Å². The predicted molar refractivity (Wildman–Crippen MR) is 137 cm³/mol. The molecule has 0 unspecified atom stereocenters. The van der Waals surface area contributed by atoms with E-state index in [-0.39, 0.29) is 5.91 Å². The Morgan fingerprint density at radius 3 is 2.57 bits per heavy atom. The van der Waals surface area contributed by atoms with E-state index in [2.05, 4.69) is 39.1 Å². The van der Waals surface area contributed by atoms with Crippen molar-refractivity contribution in [2.75, 3.05) is 6.54 Å². The molecule has 2 N–H and O–H groups in total. The van der Waals surface area contributed by atoms with Gasteiger partial charge in [0.25, 0.3) is 0 Å². The van der Waals surface area contributed by atoms with Crippen molar-refractivity contribution < 1.29 is 14.3 Å². The molecule has 2 amide bonds. The van der Waals surface area contributed by atoms with Gasteiger partial charge in [0.05, 0.1) is 6.54 Å². The van der Waals surface area contributed by atoms with E-state index in [0.29, 0.717) is 19.5 Å². The van der Waals surface area contributed by atoms with E-state index in [1.54, 1.807) is 0 Å². The van der Waals surface area contributed by atoms with Crippen LogP contribution in [0, 0.1) is 0 Å². The normalized spacial score (nSPS) is 14.7. The Labute approximate surface area is 205 Å². The number of para-hydroxylation sites is 2. The molecule has 35 heavy (non-hydrogen) atoms. The molecule has 0 radical (unpaired) electrons. The fourth-order valence-electron chi connectivity index (χ4n) is 5.06. The van der Waals surface area contributed by atoms with Gasteiger partial charge in [-0.25, -0.2) is 4.79 Å². The van der Waals surface area contributed by atoms with Crippen LogP contribution < -0.4 is 5.32 Å². The van der Waals surface area contributed by atoms with Gasteiger partial charge in [-0.3, -0.25) is 4.79 Å². The Hall–Kier alpha value is -3.74. The summed E-state index contributed by atoms with van der Waals surface area (Å²) >= 11 is 0. The molecule has 7 nitrogen and oxygen atoms in total. The van der Waals surface area contributed by atoms with Crippen LogP contribution in [0.4, 0.5) is 4.79 Å². The van der Waals surface area contributed by atoms with Crippen LogP contribution in [0.25, 0.3) is 21.8 Å². The monoisotopic (exact) mass is 472 g/mol. The number of benzene rings is 2. The molecule has 0 bridgehead atoms. The second-order valence-electron chi connectivity index (χ2n) is 10.3.